The maximum Gasteiger partial charge on any atom is 0.295 e. The second-order valence-electron chi connectivity index (χ2n) is 3.89. The molecule has 1 aliphatic heterocycles. The normalized spacial score (nSPS) is 20.3. The number of nitrogens with one attached hydrogen (secondary N) is 2. The lowest BCUT2D eigenvalue weighted by molar-refractivity contribution is -0.116. The second kappa shape index (κ2) is 4.29. The molecule has 0 aromatic heterocycles. The first-order valence-corrected chi connectivity index (χ1v) is 4.61. The molecule has 0 radical (unpaired) electrons. The minimum absolute atomic E-state index is 0.220. The van der Waals surface area contributed by atoms with Gasteiger partial charge in [0.2, 0.25) is 0 Å². The standard InChI is InChI=1S/C10H16N2O/c1-3-9(13)12-8-10(2)4-6-11-7-5-10/h1,11H,4-8H2,2H3,(H,12,13). The molecule has 0 atom stereocenters. The van der Waals surface area contributed by atoms with Gasteiger partial charge in [-0.3, -0.25) is 4.79 Å². The van der Waals surface area contributed by atoms with Crippen LogP contribution in [0.1, 0.15) is 19.8 Å². The minimum Gasteiger partial charge on any atom is -0.345 e. The summed E-state index contributed by atoms with van der Waals surface area (Å²) in [6.45, 7) is 4.94. The Labute approximate surface area is 79.3 Å². The SMILES string of the molecule is C#CC(=O)NCC1(C)CCNCC1. The molecule has 1 fully saturated rings. The van der Waals surface area contributed by atoms with Crippen molar-refractivity contribution in [2.45, 2.75) is 19.8 Å². The number of rotatable bonds is 2. The average Bonchev–Trinajstić information content (AvgIpc) is 2.15. The van der Waals surface area contributed by atoms with E-state index < -0.39 is 0 Å². The van der Waals surface area contributed by atoms with Crippen molar-refractivity contribution in [3.05, 3.63) is 0 Å². The van der Waals surface area contributed by atoms with Gasteiger partial charge in [0.05, 0.1) is 0 Å². The van der Waals surface area contributed by atoms with Crippen molar-refractivity contribution >= 4 is 5.91 Å². The number of hydrogen-bond acceptors (Lipinski definition) is 2. The van der Waals surface area contributed by atoms with Gasteiger partial charge in [0, 0.05) is 6.54 Å². The molecule has 0 aromatic rings. The van der Waals surface area contributed by atoms with Crippen LogP contribution in [0.25, 0.3) is 0 Å². The highest BCUT2D eigenvalue weighted by Crippen LogP contribution is 2.26. The van der Waals surface area contributed by atoms with Gasteiger partial charge in [0.25, 0.3) is 5.91 Å². The number of amides is 1. The van der Waals surface area contributed by atoms with Crippen LogP contribution >= 0.6 is 0 Å². The first-order valence-electron chi connectivity index (χ1n) is 4.61. The molecule has 0 spiro atoms. The van der Waals surface area contributed by atoms with E-state index in [4.69, 9.17) is 6.42 Å². The third-order valence-corrected chi connectivity index (χ3v) is 2.62. The topological polar surface area (TPSA) is 41.1 Å². The summed E-state index contributed by atoms with van der Waals surface area (Å²) < 4.78 is 0. The summed E-state index contributed by atoms with van der Waals surface area (Å²) in [5.41, 5.74) is 0.220. The van der Waals surface area contributed by atoms with Crippen molar-refractivity contribution in [3.63, 3.8) is 0 Å². The molecule has 0 saturated carbocycles. The molecule has 72 valence electrons. The molecule has 1 aliphatic rings. The van der Waals surface area contributed by atoms with Gasteiger partial charge in [-0.05, 0) is 37.3 Å². The molecule has 3 nitrogen and oxygen atoms in total. The Morgan fingerprint density at radius 3 is 2.77 bits per heavy atom. The molecule has 0 bridgehead atoms. The maximum atomic E-state index is 10.8. The summed E-state index contributed by atoms with van der Waals surface area (Å²) in [6.07, 6.45) is 7.15. The van der Waals surface area contributed by atoms with Crippen LogP contribution in [-0.4, -0.2) is 25.5 Å². The molecule has 1 rings (SSSR count). The summed E-state index contributed by atoms with van der Waals surface area (Å²) in [7, 11) is 0. The van der Waals surface area contributed by atoms with Crippen LogP contribution in [0.3, 0.4) is 0 Å². The second-order valence-corrected chi connectivity index (χ2v) is 3.89. The van der Waals surface area contributed by atoms with Crippen molar-refractivity contribution in [1.29, 1.82) is 0 Å². The highest BCUT2D eigenvalue weighted by atomic mass is 16.1. The third kappa shape index (κ3) is 3.08. The van der Waals surface area contributed by atoms with Crippen molar-refractivity contribution in [2.75, 3.05) is 19.6 Å². The predicted octanol–water partition coefficient (Wildman–Crippen LogP) is 0.125. The van der Waals surface area contributed by atoms with E-state index in [0.29, 0.717) is 6.54 Å². The van der Waals surface area contributed by atoms with Gasteiger partial charge in [-0.2, -0.15) is 0 Å². The van der Waals surface area contributed by atoms with Crippen molar-refractivity contribution in [2.24, 2.45) is 5.41 Å². The van der Waals surface area contributed by atoms with Crippen LogP contribution in [0.4, 0.5) is 0 Å². The number of piperidine rings is 1. The molecule has 2 N–H and O–H groups in total. The molecule has 0 unspecified atom stereocenters. The maximum absolute atomic E-state index is 10.8. The molecular formula is C10H16N2O. The summed E-state index contributed by atoms with van der Waals surface area (Å²) >= 11 is 0. The molecular weight excluding hydrogens is 164 g/mol. The van der Waals surface area contributed by atoms with Crippen LogP contribution < -0.4 is 10.6 Å². The van der Waals surface area contributed by atoms with E-state index in [-0.39, 0.29) is 11.3 Å². The fourth-order valence-electron chi connectivity index (χ4n) is 1.55. The zero-order valence-electron chi connectivity index (χ0n) is 8.02. The number of terminal acetylenes is 1. The summed E-state index contributed by atoms with van der Waals surface area (Å²) in [5, 5.41) is 6.03. The lowest BCUT2D eigenvalue weighted by Gasteiger charge is -2.33. The number of hydrogen-bond donors (Lipinski definition) is 2. The first kappa shape index (κ1) is 10.1. The van der Waals surface area contributed by atoms with Crippen LogP contribution in [0.15, 0.2) is 0 Å². The smallest absolute Gasteiger partial charge is 0.295 e. The van der Waals surface area contributed by atoms with Crippen LogP contribution in [0.2, 0.25) is 0 Å². The van der Waals surface area contributed by atoms with Crippen molar-refractivity contribution in [1.82, 2.24) is 10.6 Å². The molecule has 0 aromatic carbocycles. The Morgan fingerprint density at radius 1 is 1.62 bits per heavy atom. The summed E-state index contributed by atoms with van der Waals surface area (Å²) in [4.78, 5) is 10.8. The fraction of sp³-hybridized carbons (Fsp3) is 0.700. The average molecular weight is 180 g/mol. The first-order chi connectivity index (χ1) is 6.16. The van der Waals surface area contributed by atoms with Gasteiger partial charge in [-0.25, -0.2) is 0 Å². The Bertz CT molecular complexity index is 224. The van der Waals surface area contributed by atoms with Gasteiger partial charge in [0.1, 0.15) is 0 Å². The third-order valence-electron chi connectivity index (χ3n) is 2.62. The lowest BCUT2D eigenvalue weighted by atomic mass is 9.81. The van der Waals surface area contributed by atoms with E-state index in [1.165, 1.54) is 0 Å². The minimum atomic E-state index is -0.306. The van der Waals surface area contributed by atoms with Crippen LogP contribution in [-0.2, 0) is 4.79 Å². The van der Waals surface area contributed by atoms with Crippen LogP contribution in [0.5, 0.6) is 0 Å². The van der Waals surface area contributed by atoms with Crippen molar-refractivity contribution in [3.8, 4) is 12.3 Å². The van der Waals surface area contributed by atoms with Gasteiger partial charge >= 0.3 is 0 Å². The quantitative estimate of drug-likeness (QED) is 0.593. The highest BCUT2D eigenvalue weighted by Gasteiger charge is 2.26. The van der Waals surface area contributed by atoms with Gasteiger partial charge in [-0.1, -0.05) is 6.92 Å². The Balaban J connectivity index is 2.34. The number of carbonyl (C=O) groups excluding carboxylic acids is 1. The van der Waals surface area contributed by atoms with Crippen molar-refractivity contribution < 1.29 is 4.79 Å². The van der Waals surface area contributed by atoms with E-state index in [9.17, 15) is 4.79 Å². The zero-order chi connectivity index (χ0) is 9.73. The molecule has 3 heteroatoms. The fourth-order valence-corrected chi connectivity index (χ4v) is 1.55. The molecule has 13 heavy (non-hydrogen) atoms. The van der Waals surface area contributed by atoms with Gasteiger partial charge < -0.3 is 10.6 Å². The Morgan fingerprint density at radius 2 is 2.23 bits per heavy atom. The molecule has 1 saturated heterocycles. The summed E-state index contributed by atoms with van der Waals surface area (Å²) in [5.74, 6) is 1.75. The molecule has 0 aliphatic carbocycles. The van der Waals surface area contributed by atoms with E-state index in [0.717, 1.165) is 25.9 Å². The van der Waals surface area contributed by atoms with Gasteiger partial charge in [0.15, 0.2) is 0 Å². The largest absolute Gasteiger partial charge is 0.345 e. The molecule has 1 amide bonds. The highest BCUT2D eigenvalue weighted by molar-refractivity contribution is 5.92. The predicted molar refractivity (Wildman–Crippen MR) is 52.1 cm³/mol. The monoisotopic (exact) mass is 180 g/mol. The van der Waals surface area contributed by atoms with Crippen LogP contribution in [0, 0.1) is 17.8 Å². The van der Waals surface area contributed by atoms with E-state index in [2.05, 4.69) is 23.5 Å². The Kier molecular flexibility index (Phi) is 3.32. The van der Waals surface area contributed by atoms with E-state index >= 15 is 0 Å². The number of carbonyl (C=O) groups is 1. The zero-order valence-corrected chi connectivity index (χ0v) is 8.02. The van der Waals surface area contributed by atoms with E-state index in [1.54, 1.807) is 0 Å². The lowest BCUT2D eigenvalue weighted by Crippen LogP contribution is -2.42. The van der Waals surface area contributed by atoms with Gasteiger partial charge in [-0.15, -0.1) is 6.42 Å². The summed E-state index contributed by atoms with van der Waals surface area (Å²) in [6, 6.07) is 0. The Hall–Kier alpha value is -1.01. The van der Waals surface area contributed by atoms with E-state index in [1.807, 2.05) is 0 Å². The molecule has 1 heterocycles.